The van der Waals surface area contributed by atoms with Crippen molar-refractivity contribution in [1.29, 1.82) is 0 Å². The van der Waals surface area contributed by atoms with E-state index in [1.165, 1.54) is 5.56 Å². The van der Waals surface area contributed by atoms with Gasteiger partial charge in [-0.1, -0.05) is 49.7 Å². The van der Waals surface area contributed by atoms with Crippen molar-refractivity contribution in [2.45, 2.75) is 32.6 Å². The molecule has 0 aliphatic carbocycles. The number of ether oxygens (including phenoxy) is 1. The van der Waals surface area contributed by atoms with E-state index in [2.05, 4.69) is 35.0 Å². The summed E-state index contributed by atoms with van der Waals surface area (Å²) in [5, 5.41) is 8.83. The van der Waals surface area contributed by atoms with Gasteiger partial charge in [-0.2, -0.15) is 0 Å². The molecule has 3 rings (SSSR count). The van der Waals surface area contributed by atoms with Crippen molar-refractivity contribution >= 4 is 23.2 Å². The van der Waals surface area contributed by atoms with E-state index in [0.29, 0.717) is 24.4 Å². The van der Waals surface area contributed by atoms with Gasteiger partial charge in [0.05, 0.1) is 13.2 Å². The molecular weight excluding hydrogens is 426 g/mol. The lowest BCUT2D eigenvalue weighted by molar-refractivity contribution is -0.114. The lowest BCUT2D eigenvalue weighted by atomic mass is 10.1. The minimum absolute atomic E-state index is 0.0959. The zero-order valence-electron chi connectivity index (χ0n) is 19.7. The van der Waals surface area contributed by atoms with Gasteiger partial charge >= 0.3 is 0 Å². The molecule has 34 heavy (non-hydrogen) atoms. The first-order valence-electron chi connectivity index (χ1n) is 11.8. The van der Waals surface area contributed by atoms with Crippen molar-refractivity contribution in [3.05, 3.63) is 90.0 Å². The molecule has 6 heteroatoms. The summed E-state index contributed by atoms with van der Waals surface area (Å²) in [5.41, 5.74) is 3.30. The van der Waals surface area contributed by atoms with Gasteiger partial charge in [0, 0.05) is 23.5 Å². The largest absolute Gasteiger partial charge is 0.494 e. The molecule has 0 saturated heterocycles. The maximum Gasteiger partial charge on any atom is 0.251 e. The molecule has 0 aromatic heterocycles. The highest BCUT2D eigenvalue weighted by atomic mass is 16.5. The van der Waals surface area contributed by atoms with Crippen molar-refractivity contribution in [1.82, 2.24) is 5.32 Å². The fraction of sp³-hybridized carbons (Fsp3) is 0.286. The molecule has 0 bridgehead atoms. The van der Waals surface area contributed by atoms with Crippen LogP contribution < -0.4 is 20.7 Å². The fourth-order valence-corrected chi connectivity index (χ4v) is 3.38. The number of nitrogens with one attached hydrogen (secondary N) is 3. The zero-order chi connectivity index (χ0) is 24.0. The summed E-state index contributed by atoms with van der Waals surface area (Å²) in [5.74, 6) is 0.497. The van der Waals surface area contributed by atoms with Crippen LogP contribution in [0.1, 0.15) is 42.1 Å². The van der Waals surface area contributed by atoms with Crippen LogP contribution in [-0.4, -0.2) is 31.5 Å². The van der Waals surface area contributed by atoms with Crippen molar-refractivity contribution < 1.29 is 14.3 Å². The van der Waals surface area contributed by atoms with Gasteiger partial charge in [0.1, 0.15) is 5.75 Å². The molecule has 178 valence electrons. The molecule has 0 fully saturated rings. The van der Waals surface area contributed by atoms with E-state index in [9.17, 15) is 9.59 Å². The summed E-state index contributed by atoms with van der Waals surface area (Å²) in [7, 11) is 0. The van der Waals surface area contributed by atoms with Gasteiger partial charge < -0.3 is 20.7 Å². The second-order valence-electron chi connectivity index (χ2n) is 8.05. The van der Waals surface area contributed by atoms with E-state index >= 15 is 0 Å². The minimum Gasteiger partial charge on any atom is -0.494 e. The molecule has 3 aromatic carbocycles. The summed E-state index contributed by atoms with van der Waals surface area (Å²) in [4.78, 5) is 24.5. The van der Waals surface area contributed by atoms with Gasteiger partial charge in [-0.3, -0.25) is 9.59 Å². The van der Waals surface area contributed by atoms with E-state index in [0.717, 1.165) is 37.1 Å². The summed E-state index contributed by atoms with van der Waals surface area (Å²) in [6.45, 7) is 3.48. The van der Waals surface area contributed by atoms with Gasteiger partial charge in [-0.15, -0.1) is 0 Å². The number of rotatable bonds is 13. The van der Waals surface area contributed by atoms with E-state index in [1.54, 1.807) is 18.2 Å². The maximum absolute atomic E-state index is 12.3. The highest BCUT2D eigenvalue weighted by Crippen LogP contribution is 2.16. The number of anilines is 2. The smallest absolute Gasteiger partial charge is 0.251 e. The average molecular weight is 460 g/mol. The Labute approximate surface area is 201 Å². The molecule has 0 radical (unpaired) electrons. The number of carbonyl (C=O) groups is 2. The number of benzene rings is 3. The molecule has 0 atom stereocenters. The summed E-state index contributed by atoms with van der Waals surface area (Å²) >= 11 is 0. The Kier molecular flexibility index (Phi) is 9.99. The molecule has 3 aromatic rings. The molecule has 6 nitrogen and oxygen atoms in total. The SMILES string of the molecule is CCCCNC(=O)c1cccc(NCC(=O)Nc2ccc(OCCCc3ccccc3)cc2)c1. The molecule has 0 aliphatic rings. The van der Waals surface area contributed by atoms with Crippen LogP contribution in [0, 0.1) is 0 Å². The second kappa shape index (κ2) is 13.7. The Balaban J connectivity index is 1.38. The standard InChI is InChI=1S/C28H33N3O3/c1-2-3-18-29-28(33)23-12-7-13-25(20-23)30-21-27(32)31-24-14-16-26(17-15-24)34-19-8-11-22-9-5-4-6-10-22/h4-7,9-10,12-17,20,30H,2-3,8,11,18-19,21H2,1H3,(H,29,33)(H,31,32). The van der Waals surface area contributed by atoms with Crippen molar-refractivity contribution in [3.63, 3.8) is 0 Å². The Morgan fingerprint density at radius 1 is 0.853 bits per heavy atom. The van der Waals surface area contributed by atoms with Crippen LogP contribution in [0.3, 0.4) is 0 Å². The third-order valence-electron chi connectivity index (χ3n) is 5.25. The third-order valence-corrected chi connectivity index (χ3v) is 5.25. The third kappa shape index (κ3) is 8.62. The van der Waals surface area contributed by atoms with E-state index in [-0.39, 0.29) is 18.4 Å². The Hall–Kier alpha value is -3.80. The molecule has 3 N–H and O–H groups in total. The van der Waals surface area contributed by atoms with Gasteiger partial charge in [0.15, 0.2) is 0 Å². The minimum atomic E-state index is -0.172. The van der Waals surface area contributed by atoms with Crippen LogP contribution >= 0.6 is 0 Å². The quantitative estimate of drug-likeness (QED) is 0.304. The predicted octanol–water partition coefficient (Wildman–Crippen LogP) is 5.28. The van der Waals surface area contributed by atoms with E-state index < -0.39 is 0 Å². The first kappa shape index (κ1) is 24.8. The van der Waals surface area contributed by atoms with Crippen LogP contribution in [0.15, 0.2) is 78.9 Å². The lowest BCUT2D eigenvalue weighted by Gasteiger charge is -2.10. The number of aryl methyl sites for hydroxylation is 1. The molecule has 0 spiro atoms. The second-order valence-corrected chi connectivity index (χ2v) is 8.05. The van der Waals surface area contributed by atoms with Gasteiger partial charge in [0.25, 0.3) is 5.91 Å². The fourth-order valence-electron chi connectivity index (χ4n) is 3.38. The van der Waals surface area contributed by atoms with Crippen LogP contribution in [-0.2, 0) is 11.2 Å². The molecule has 0 unspecified atom stereocenters. The molecule has 0 saturated carbocycles. The van der Waals surface area contributed by atoms with E-state index in [4.69, 9.17) is 4.74 Å². The molecule has 0 heterocycles. The van der Waals surface area contributed by atoms with Crippen molar-refractivity contribution in [2.24, 2.45) is 0 Å². The van der Waals surface area contributed by atoms with Gasteiger partial charge in [-0.05, 0) is 67.3 Å². The zero-order valence-corrected chi connectivity index (χ0v) is 19.7. The van der Waals surface area contributed by atoms with Crippen molar-refractivity contribution in [3.8, 4) is 5.75 Å². The van der Waals surface area contributed by atoms with Crippen LogP contribution in [0.25, 0.3) is 0 Å². The highest BCUT2D eigenvalue weighted by Gasteiger charge is 2.07. The Bertz CT molecular complexity index is 1040. The monoisotopic (exact) mass is 459 g/mol. The summed E-state index contributed by atoms with van der Waals surface area (Å²) < 4.78 is 5.80. The summed E-state index contributed by atoms with van der Waals surface area (Å²) in [6.07, 6.45) is 3.90. The van der Waals surface area contributed by atoms with Crippen LogP contribution in [0.5, 0.6) is 5.75 Å². The van der Waals surface area contributed by atoms with Crippen LogP contribution in [0.2, 0.25) is 0 Å². The summed E-state index contributed by atoms with van der Waals surface area (Å²) in [6, 6.07) is 24.8. The first-order valence-corrected chi connectivity index (χ1v) is 11.8. The number of amides is 2. The number of unbranched alkanes of at least 4 members (excludes halogenated alkanes) is 1. The Morgan fingerprint density at radius 2 is 1.65 bits per heavy atom. The number of carbonyl (C=O) groups excluding carboxylic acids is 2. The first-order chi connectivity index (χ1) is 16.6. The molecule has 0 aliphatic heterocycles. The normalized spacial score (nSPS) is 10.4. The predicted molar refractivity (Wildman–Crippen MR) is 138 cm³/mol. The van der Waals surface area contributed by atoms with Gasteiger partial charge in [-0.25, -0.2) is 0 Å². The highest BCUT2D eigenvalue weighted by molar-refractivity contribution is 5.96. The topological polar surface area (TPSA) is 79.5 Å². The molecule has 2 amide bonds. The maximum atomic E-state index is 12.3. The Morgan fingerprint density at radius 3 is 2.41 bits per heavy atom. The number of hydrogen-bond donors (Lipinski definition) is 3. The van der Waals surface area contributed by atoms with Crippen molar-refractivity contribution in [2.75, 3.05) is 30.3 Å². The lowest BCUT2D eigenvalue weighted by Crippen LogP contribution is -2.25. The average Bonchev–Trinajstić information content (AvgIpc) is 2.87. The van der Waals surface area contributed by atoms with Gasteiger partial charge in [0.2, 0.25) is 5.91 Å². The number of hydrogen-bond acceptors (Lipinski definition) is 4. The van der Waals surface area contributed by atoms with E-state index in [1.807, 2.05) is 48.5 Å². The van der Waals surface area contributed by atoms with Crippen LogP contribution in [0.4, 0.5) is 11.4 Å². The molecular formula is C28H33N3O3.